The standard InChI is InChI=1S/C25H25FN2O2/c26-23-7-3-4-8-24(23)30-18-25(29)27-15-13-19-9-11-22(12-10-19)28-16-14-20-5-1-2-6-21(20)17-28/h1-12H,13-18H2,(H,27,29). The first-order valence-electron chi connectivity index (χ1n) is 10.2. The Balaban J connectivity index is 1.22. The minimum absolute atomic E-state index is 0.0866. The van der Waals surface area contributed by atoms with Gasteiger partial charge in [0.15, 0.2) is 18.2 Å². The Morgan fingerprint density at radius 2 is 1.70 bits per heavy atom. The topological polar surface area (TPSA) is 41.6 Å². The van der Waals surface area contributed by atoms with Crippen molar-refractivity contribution in [1.29, 1.82) is 0 Å². The number of amides is 1. The lowest BCUT2D eigenvalue weighted by molar-refractivity contribution is -0.123. The van der Waals surface area contributed by atoms with E-state index in [1.165, 1.54) is 28.9 Å². The predicted molar refractivity (Wildman–Crippen MR) is 116 cm³/mol. The number of rotatable bonds is 7. The molecule has 4 nitrogen and oxygen atoms in total. The number of hydrogen-bond donors (Lipinski definition) is 1. The van der Waals surface area contributed by atoms with Crippen molar-refractivity contribution in [3.63, 3.8) is 0 Å². The Hall–Kier alpha value is -3.34. The number of benzene rings is 3. The van der Waals surface area contributed by atoms with Crippen molar-refractivity contribution in [3.8, 4) is 5.75 Å². The van der Waals surface area contributed by atoms with Gasteiger partial charge in [-0.05, 0) is 53.8 Å². The molecule has 0 spiro atoms. The van der Waals surface area contributed by atoms with E-state index in [1.54, 1.807) is 12.1 Å². The van der Waals surface area contributed by atoms with Gasteiger partial charge in [-0.3, -0.25) is 4.79 Å². The summed E-state index contributed by atoms with van der Waals surface area (Å²) < 4.78 is 18.7. The summed E-state index contributed by atoms with van der Waals surface area (Å²) in [7, 11) is 0. The molecule has 0 fully saturated rings. The van der Waals surface area contributed by atoms with Gasteiger partial charge < -0.3 is 15.0 Å². The summed E-state index contributed by atoms with van der Waals surface area (Å²) in [5.41, 5.74) is 5.22. The number of para-hydroxylation sites is 1. The average molecular weight is 404 g/mol. The molecule has 3 aromatic carbocycles. The van der Waals surface area contributed by atoms with E-state index in [0.717, 1.165) is 31.5 Å². The SMILES string of the molecule is O=C(COc1ccccc1F)NCCc1ccc(N2CCc3ccccc3C2)cc1. The molecule has 5 heteroatoms. The van der Waals surface area contributed by atoms with Crippen molar-refractivity contribution >= 4 is 11.6 Å². The Labute approximate surface area is 176 Å². The van der Waals surface area contributed by atoms with Gasteiger partial charge >= 0.3 is 0 Å². The first-order valence-corrected chi connectivity index (χ1v) is 10.2. The van der Waals surface area contributed by atoms with Gasteiger partial charge in [-0.1, -0.05) is 48.5 Å². The van der Waals surface area contributed by atoms with Crippen LogP contribution in [0.5, 0.6) is 5.75 Å². The van der Waals surface area contributed by atoms with Gasteiger partial charge in [0.2, 0.25) is 0 Å². The summed E-state index contributed by atoms with van der Waals surface area (Å²) in [4.78, 5) is 14.3. The number of nitrogens with one attached hydrogen (secondary N) is 1. The van der Waals surface area contributed by atoms with E-state index in [0.29, 0.717) is 6.54 Å². The lowest BCUT2D eigenvalue weighted by Gasteiger charge is -2.30. The summed E-state index contributed by atoms with van der Waals surface area (Å²) in [6.07, 6.45) is 1.80. The third kappa shape index (κ3) is 4.98. The number of hydrogen-bond acceptors (Lipinski definition) is 3. The lowest BCUT2D eigenvalue weighted by atomic mass is 9.99. The van der Waals surface area contributed by atoms with E-state index in [2.05, 4.69) is 58.7 Å². The van der Waals surface area contributed by atoms with Crippen LogP contribution in [0.2, 0.25) is 0 Å². The quantitative estimate of drug-likeness (QED) is 0.644. The highest BCUT2D eigenvalue weighted by Crippen LogP contribution is 2.24. The molecule has 30 heavy (non-hydrogen) atoms. The maximum absolute atomic E-state index is 13.5. The Kier molecular flexibility index (Phi) is 6.28. The number of ether oxygens (including phenoxy) is 1. The van der Waals surface area contributed by atoms with Crippen LogP contribution >= 0.6 is 0 Å². The van der Waals surface area contributed by atoms with Crippen LogP contribution in [0, 0.1) is 5.82 Å². The maximum Gasteiger partial charge on any atom is 0.257 e. The first kappa shape index (κ1) is 20.0. The van der Waals surface area contributed by atoms with Gasteiger partial charge in [-0.15, -0.1) is 0 Å². The fraction of sp³-hybridized carbons (Fsp3) is 0.240. The zero-order chi connectivity index (χ0) is 20.8. The van der Waals surface area contributed by atoms with Crippen LogP contribution in [0.1, 0.15) is 16.7 Å². The third-order valence-corrected chi connectivity index (χ3v) is 5.36. The van der Waals surface area contributed by atoms with Gasteiger partial charge in [-0.25, -0.2) is 4.39 Å². The second kappa shape index (κ2) is 9.44. The Bertz CT molecular complexity index is 1000. The van der Waals surface area contributed by atoms with Gasteiger partial charge in [0, 0.05) is 25.3 Å². The van der Waals surface area contributed by atoms with Crippen LogP contribution in [0.3, 0.4) is 0 Å². The molecular weight excluding hydrogens is 379 g/mol. The molecular formula is C25H25FN2O2. The summed E-state index contributed by atoms with van der Waals surface area (Å²) >= 11 is 0. The fourth-order valence-electron chi connectivity index (χ4n) is 3.69. The van der Waals surface area contributed by atoms with Gasteiger partial charge in [-0.2, -0.15) is 0 Å². The van der Waals surface area contributed by atoms with Gasteiger partial charge in [0.1, 0.15) is 0 Å². The summed E-state index contributed by atoms with van der Waals surface area (Å²) in [6.45, 7) is 2.27. The van der Waals surface area contributed by atoms with Crippen molar-refractivity contribution in [2.24, 2.45) is 0 Å². The predicted octanol–water partition coefficient (Wildman–Crippen LogP) is 4.13. The molecule has 1 heterocycles. The summed E-state index contributed by atoms with van der Waals surface area (Å²) in [6, 6.07) is 23.2. The monoisotopic (exact) mass is 404 g/mol. The molecule has 154 valence electrons. The third-order valence-electron chi connectivity index (χ3n) is 5.36. The molecule has 0 aromatic heterocycles. The molecule has 0 radical (unpaired) electrons. The van der Waals surface area contributed by atoms with Crippen molar-refractivity contribution < 1.29 is 13.9 Å². The number of anilines is 1. The zero-order valence-corrected chi connectivity index (χ0v) is 16.8. The van der Waals surface area contributed by atoms with Crippen LogP contribution in [0.25, 0.3) is 0 Å². The number of carbonyl (C=O) groups is 1. The minimum Gasteiger partial charge on any atom is -0.481 e. The molecule has 0 atom stereocenters. The molecule has 0 saturated carbocycles. The van der Waals surface area contributed by atoms with Gasteiger partial charge in [0.25, 0.3) is 5.91 Å². The lowest BCUT2D eigenvalue weighted by Crippen LogP contribution is -2.31. The first-order chi connectivity index (χ1) is 14.7. The van der Waals surface area contributed by atoms with Crippen LogP contribution in [0.15, 0.2) is 72.8 Å². The van der Waals surface area contributed by atoms with E-state index in [-0.39, 0.29) is 18.3 Å². The minimum atomic E-state index is -0.470. The zero-order valence-electron chi connectivity index (χ0n) is 16.8. The number of halogens is 1. The number of carbonyl (C=O) groups excluding carboxylic acids is 1. The van der Waals surface area contributed by atoms with Crippen molar-refractivity contribution in [3.05, 3.63) is 95.3 Å². The molecule has 1 amide bonds. The molecule has 3 aromatic rings. The molecule has 0 saturated heterocycles. The second-order valence-electron chi connectivity index (χ2n) is 7.43. The van der Waals surface area contributed by atoms with E-state index in [4.69, 9.17) is 4.74 Å². The van der Waals surface area contributed by atoms with Crippen molar-refractivity contribution in [2.45, 2.75) is 19.4 Å². The van der Waals surface area contributed by atoms with Crippen molar-refractivity contribution in [1.82, 2.24) is 5.32 Å². The normalized spacial score (nSPS) is 12.9. The molecule has 4 rings (SSSR count). The molecule has 1 N–H and O–H groups in total. The highest BCUT2D eigenvalue weighted by molar-refractivity contribution is 5.77. The maximum atomic E-state index is 13.5. The molecule has 1 aliphatic heterocycles. The van der Waals surface area contributed by atoms with E-state index < -0.39 is 5.82 Å². The highest BCUT2D eigenvalue weighted by Gasteiger charge is 2.15. The number of fused-ring (bicyclic) bond motifs is 1. The van der Waals surface area contributed by atoms with Crippen LogP contribution in [0.4, 0.5) is 10.1 Å². The van der Waals surface area contributed by atoms with Crippen LogP contribution < -0.4 is 15.0 Å². The van der Waals surface area contributed by atoms with Crippen LogP contribution in [-0.4, -0.2) is 25.6 Å². The largest absolute Gasteiger partial charge is 0.481 e. The smallest absolute Gasteiger partial charge is 0.257 e. The molecule has 0 bridgehead atoms. The van der Waals surface area contributed by atoms with Gasteiger partial charge in [0.05, 0.1) is 0 Å². The number of nitrogens with zero attached hydrogens (tertiary/aromatic N) is 1. The molecule has 0 aliphatic carbocycles. The van der Waals surface area contributed by atoms with Crippen molar-refractivity contribution in [2.75, 3.05) is 24.6 Å². The molecule has 1 aliphatic rings. The van der Waals surface area contributed by atoms with E-state index in [1.807, 2.05) is 0 Å². The summed E-state index contributed by atoms with van der Waals surface area (Å²) in [5, 5.41) is 2.81. The Morgan fingerprint density at radius 3 is 2.50 bits per heavy atom. The van der Waals surface area contributed by atoms with Crippen LogP contribution in [-0.2, 0) is 24.2 Å². The van der Waals surface area contributed by atoms with E-state index in [9.17, 15) is 9.18 Å². The Morgan fingerprint density at radius 1 is 0.967 bits per heavy atom. The second-order valence-corrected chi connectivity index (χ2v) is 7.43. The average Bonchev–Trinajstić information content (AvgIpc) is 2.79. The highest BCUT2D eigenvalue weighted by atomic mass is 19.1. The molecule has 0 unspecified atom stereocenters. The fourth-order valence-corrected chi connectivity index (χ4v) is 3.69. The van der Waals surface area contributed by atoms with E-state index >= 15 is 0 Å². The summed E-state index contributed by atoms with van der Waals surface area (Å²) in [5.74, 6) is -0.645.